The number of hydrogen-bond donors (Lipinski definition) is 2. The van der Waals surface area contributed by atoms with Gasteiger partial charge in [0.15, 0.2) is 6.54 Å². The van der Waals surface area contributed by atoms with Gasteiger partial charge in [-0.1, -0.05) is 12.1 Å². The molecule has 1 amide bonds. The van der Waals surface area contributed by atoms with Crippen LogP contribution in [0.25, 0.3) is 0 Å². The molecule has 92 valence electrons. The van der Waals surface area contributed by atoms with Gasteiger partial charge in [-0.25, -0.2) is 0 Å². The van der Waals surface area contributed by atoms with Gasteiger partial charge >= 0.3 is 0 Å². The minimum atomic E-state index is 0.0615. The maximum atomic E-state index is 11.8. The third-order valence-corrected chi connectivity index (χ3v) is 3.10. The van der Waals surface area contributed by atoms with Crippen LogP contribution >= 0.6 is 0 Å². The molecule has 0 bridgehead atoms. The first-order valence-corrected chi connectivity index (χ1v) is 6.06. The molecule has 1 aliphatic heterocycles. The Morgan fingerprint density at radius 3 is 2.76 bits per heavy atom. The summed E-state index contributed by atoms with van der Waals surface area (Å²) in [7, 11) is 1.61. The van der Waals surface area contributed by atoms with Crippen LogP contribution in [0.4, 0.5) is 5.69 Å². The van der Waals surface area contributed by atoms with Gasteiger partial charge in [0.25, 0.3) is 5.91 Å². The van der Waals surface area contributed by atoms with E-state index in [2.05, 4.69) is 5.32 Å². The second kappa shape index (κ2) is 5.68. The number of hydrogen-bond acceptors (Lipinski definition) is 2. The van der Waals surface area contributed by atoms with Gasteiger partial charge in [-0.05, 0) is 12.1 Å². The van der Waals surface area contributed by atoms with Gasteiger partial charge in [-0.2, -0.15) is 0 Å². The van der Waals surface area contributed by atoms with Crippen molar-refractivity contribution in [2.45, 2.75) is 12.8 Å². The molecular weight excluding hydrogens is 216 g/mol. The maximum Gasteiger partial charge on any atom is 0.279 e. The van der Waals surface area contributed by atoms with E-state index >= 15 is 0 Å². The zero-order valence-electron chi connectivity index (χ0n) is 10.2. The van der Waals surface area contributed by atoms with Gasteiger partial charge < -0.3 is 15.0 Å². The molecule has 0 saturated carbocycles. The molecule has 0 unspecified atom stereocenters. The zero-order chi connectivity index (χ0) is 12.1. The molecule has 1 aromatic carbocycles. The van der Waals surface area contributed by atoms with Crippen molar-refractivity contribution in [1.82, 2.24) is 0 Å². The molecule has 1 aliphatic rings. The first-order valence-electron chi connectivity index (χ1n) is 6.06. The lowest BCUT2D eigenvalue weighted by molar-refractivity contribution is -0.878. The highest BCUT2D eigenvalue weighted by molar-refractivity contribution is 5.92. The lowest BCUT2D eigenvalue weighted by Gasteiger charge is -2.13. The number of benzene rings is 1. The van der Waals surface area contributed by atoms with Crippen molar-refractivity contribution in [2.24, 2.45) is 0 Å². The Bertz CT molecular complexity index is 387. The first-order chi connectivity index (χ1) is 8.29. The lowest BCUT2D eigenvalue weighted by atomic mass is 10.3. The summed E-state index contributed by atoms with van der Waals surface area (Å²) in [5.74, 6) is 0.767. The number of nitrogens with one attached hydrogen (secondary N) is 2. The molecule has 1 fully saturated rings. The van der Waals surface area contributed by atoms with Gasteiger partial charge in [0.2, 0.25) is 0 Å². The van der Waals surface area contributed by atoms with Gasteiger partial charge in [-0.3, -0.25) is 4.79 Å². The Labute approximate surface area is 102 Å². The quantitative estimate of drug-likeness (QED) is 0.789. The SMILES string of the molecule is COc1ccccc1NC(=O)C[NH+]1CCCC1. The molecule has 0 aromatic heterocycles. The third-order valence-electron chi connectivity index (χ3n) is 3.10. The second-order valence-corrected chi connectivity index (χ2v) is 4.38. The number of para-hydroxylation sites is 2. The van der Waals surface area contributed by atoms with Crippen LogP contribution in [0.1, 0.15) is 12.8 Å². The molecular formula is C13H19N2O2+. The third kappa shape index (κ3) is 3.20. The highest BCUT2D eigenvalue weighted by Gasteiger charge is 2.19. The number of quaternary nitrogens is 1. The molecule has 1 saturated heterocycles. The van der Waals surface area contributed by atoms with Crippen LogP contribution in [0.15, 0.2) is 24.3 Å². The Kier molecular flexibility index (Phi) is 3.98. The maximum absolute atomic E-state index is 11.8. The van der Waals surface area contributed by atoms with Crippen LogP contribution in [0, 0.1) is 0 Å². The average molecular weight is 235 g/mol. The van der Waals surface area contributed by atoms with Crippen LogP contribution in [-0.4, -0.2) is 32.7 Å². The van der Waals surface area contributed by atoms with Crippen molar-refractivity contribution in [2.75, 3.05) is 32.1 Å². The molecule has 17 heavy (non-hydrogen) atoms. The minimum absolute atomic E-state index is 0.0615. The Hall–Kier alpha value is -1.55. The summed E-state index contributed by atoms with van der Waals surface area (Å²) in [6, 6.07) is 7.48. The monoisotopic (exact) mass is 235 g/mol. The van der Waals surface area contributed by atoms with Crippen LogP contribution in [0.2, 0.25) is 0 Å². The molecule has 0 aliphatic carbocycles. The summed E-state index contributed by atoms with van der Waals surface area (Å²) in [6.07, 6.45) is 2.47. The van der Waals surface area contributed by atoms with E-state index in [0.717, 1.165) is 18.8 Å². The van der Waals surface area contributed by atoms with E-state index in [1.54, 1.807) is 7.11 Å². The predicted molar refractivity (Wildman–Crippen MR) is 66.4 cm³/mol. The van der Waals surface area contributed by atoms with Crippen molar-refractivity contribution < 1.29 is 14.4 Å². The van der Waals surface area contributed by atoms with E-state index in [1.165, 1.54) is 17.7 Å². The fraction of sp³-hybridized carbons (Fsp3) is 0.462. The highest BCUT2D eigenvalue weighted by Crippen LogP contribution is 2.22. The fourth-order valence-corrected chi connectivity index (χ4v) is 2.22. The van der Waals surface area contributed by atoms with Crippen molar-refractivity contribution in [3.63, 3.8) is 0 Å². The normalized spacial score (nSPS) is 15.8. The summed E-state index contributed by atoms with van der Waals surface area (Å²) in [5, 5.41) is 2.90. The van der Waals surface area contributed by atoms with Crippen molar-refractivity contribution in [3.05, 3.63) is 24.3 Å². The smallest absolute Gasteiger partial charge is 0.279 e. The molecule has 2 rings (SSSR count). The van der Waals surface area contributed by atoms with Crippen molar-refractivity contribution in [1.29, 1.82) is 0 Å². The predicted octanol–water partition coefficient (Wildman–Crippen LogP) is 0.312. The van der Waals surface area contributed by atoms with Crippen LogP contribution in [0.3, 0.4) is 0 Å². The number of amides is 1. The lowest BCUT2D eigenvalue weighted by Crippen LogP contribution is -3.11. The van der Waals surface area contributed by atoms with E-state index in [1.807, 2.05) is 24.3 Å². The second-order valence-electron chi connectivity index (χ2n) is 4.38. The number of anilines is 1. The Balaban J connectivity index is 1.92. The number of likely N-dealkylation sites (tertiary alicyclic amines) is 1. The summed E-state index contributed by atoms with van der Waals surface area (Å²) in [5.41, 5.74) is 0.749. The largest absolute Gasteiger partial charge is 0.495 e. The Morgan fingerprint density at radius 2 is 2.06 bits per heavy atom. The number of rotatable bonds is 4. The zero-order valence-corrected chi connectivity index (χ0v) is 10.2. The highest BCUT2D eigenvalue weighted by atomic mass is 16.5. The van der Waals surface area contributed by atoms with Gasteiger partial charge in [-0.15, -0.1) is 0 Å². The van der Waals surface area contributed by atoms with E-state index < -0.39 is 0 Å². The van der Waals surface area contributed by atoms with Gasteiger partial charge in [0.05, 0.1) is 25.9 Å². The summed E-state index contributed by atoms with van der Waals surface area (Å²) < 4.78 is 5.19. The minimum Gasteiger partial charge on any atom is -0.495 e. The number of ether oxygens (including phenoxy) is 1. The molecule has 0 radical (unpaired) electrons. The molecule has 0 atom stereocenters. The van der Waals surface area contributed by atoms with Gasteiger partial charge in [0, 0.05) is 12.8 Å². The summed E-state index contributed by atoms with van der Waals surface area (Å²) in [6.45, 7) is 2.77. The van der Waals surface area contributed by atoms with Crippen molar-refractivity contribution >= 4 is 11.6 Å². The molecule has 4 heteroatoms. The summed E-state index contributed by atoms with van der Waals surface area (Å²) in [4.78, 5) is 13.2. The van der Waals surface area contributed by atoms with E-state index in [-0.39, 0.29) is 5.91 Å². The number of carbonyl (C=O) groups is 1. The van der Waals surface area contributed by atoms with Crippen molar-refractivity contribution in [3.8, 4) is 5.75 Å². The topological polar surface area (TPSA) is 42.8 Å². The standard InChI is InChI=1S/C13H18N2O2/c1-17-12-7-3-2-6-11(12)14-13(16)10-15-8-4-5-9-15/h2-3,6-7H,4-5,8-10H2,1H3,(H,14,16)/p+1. The summed E-state index contributed by atoms with van der Waals surface area (Å²) >= 11 is 0. The molecule has 4 nitrogen and oxygen atoms in total. The molecule has 1 heterocycles. The number of carbonyl (C=O) groups excluding carboxylic acids is 1. The fourth-order valence-electron chi connectivity index (χ4n) is 2.22. The average Bonchev–Trinajstić information content (AvgIpc) is 2.82. The van der Waals surface area contributed by atoms with E-state index in [9.17, 15) is 4.79 Å². The van der Waals surface area contributed by atoms with E-state index in [0.29, 0.717) is 12.3 Å². The molecule has 0 spiro atoms. The Morgan fingerprint density at radius 1 is 1.35 bits per heavy atom. The van der Waals surface area contributed by atoms with Crippen LogP contribution in [0.5, 0.6) is 5.75 Å². The molecule has 1 aromatic rings. The van der Waals surface area contributed by atoms with Gasteiger partial charge in [0.1, 0.15) is 5.75 Å². The molecule has 2 N–H and O–H groups in total. The number of methoxy groups -OCH3 is 1. The van der Waals surface area contributed by atoms with Crippen LogP contribution in [-0.2, 0) is 4.79 Å². The first kappa shape index (κ1) is 11.9. The van der Waals surface area contributed by atoms with E-state index in [4.69, 9.17) is 4.74 Å². The van der Waals surface area contributed by atoms with Crippen LogP contribution < -0.4 is 15.0 Å².